The number of hydrogen-bond acceptors (Lipinski definition) is 3. The molecule has 0 aliphatic heterocycles. The van der Waals surface area contributed by atoms with Crippen molar-refractivity contribution in [2.75, 3.05) is 0 Å². The van der Waals surface area contributed by atoms with Gasteiger partial charge >= 0.3 is 10.1 Å². The van der Waals surface area contributed by atoms with Crippen molar-refractivity contribution in [1.29, 1.82) is 0 Å². The normalized spacial score (nSPS) is 11.0. The van der Waals surface area contributed by atoms with Gasteiger partial charge in [0.2, 0.25) is 0 Å². The van der Waals surface area contributed by atoms with Crippen molar-refractivity contribution in [2.45, 2.75) is 11.8 Å². The topological polar surface area (TPSA) is 43.4 Å². The van der Waals surface area contributed by atoms with Crippen LogP contribution in [-0.2, 0) is 10.1 Å². The van der Waals surface area contributed by atoms with E-state index >= 15 is 0 Å². The van der Waals surface area contributed by atoms with Gasteiger partial charge in [-0.2, -0.15) is 8.42 Å². The van der Waals surface area contributed by atoms with Crippen LogP contribution in [-0.4, -0.2) is 8.42 Å². The van der Waals surface area contributed by atoms with E-state index in [0.29, 0.717) is 5.75 Å². The zero-order chi connectivity index (χ0) is 13.9. The highest BCUT2D eigenvalue weighted by atomic mass is 32.2. The number of aryl methyl sites for hydroxylation is 1. The summed E-state index contributed by atoms with van der Waals surface area (Å²) in [5.41, 5.74) is 1.90. The van der Waals surface area contributed by atoms with E-state index in [1.807, 2.05) is 6.92 Å². The van der Waals surface area contributed by atoms with Gasteiger partial charge < -0.3 is 4.18 Å². The lowest BCUT2D eigenvalue weighted by Crippen LogP contribution is -2.09. The lowest BCUT2D eigenvalue weighted by Gasteiger charge is -2.07. The molecule has 19 heavy (non-hydrogen) atoms. The van der Waals surface area contributed by atoms with Crippen LogP contribution in [0.4, 0.5) is 0 Å². The van der Waals surface area contributed by atoms with Crippen LogP contribution in [0.2, 0.25) is 0 Å². The van der Waals surface area contributed by atoms with Crippen LogP contribution < -0.4 is 4.18 Å². The third-order valence-electron chi connectivity index (χ3n) is 2.63. The molecule has 0 saturated heterocycles. The molecular weight excluding hydrogens is 260 g/mol. The highest BCUT2D eigenvalue weighted by Gasteiger charge is 2.16. The summed E-state index contributed by atoms with van der Waals surface area (Å²) in [7, 11) is -3.79. The summed E-state index contributed by atoms with van der Waals surface area (Å²) in [6.07, 6.45) is 1.65. The zero-order valence-corrected chi connectivity index (χ0v) is 11.4. The summed E-state index contributed by atoms with van der Waals surface area (Å²) in [5.74, 6) is 0.304. The summed E-state index contributed by atoms with van der Waals surface area (Å²) in [5, 5.41) is 0. The monoisotopic (exact) mass is 274 g/mol. The van der Waals surface area contributed by atoms with Crippen molar-refractivity contribution in [3.63, 3.8) is 0 Å². The summed E-state index contributed by atoms with van der Waals surface area (Å²) in [6.45, 7) is 5.54. The van der Waals surface area contributed by atoms with Crippen LogP contribution in [0.5, 0.6) is 5.75 Å². The Morgan fingerprint density at radius 1 is 1.00 bits per heavy atom. The fourth-order valence-corrected chi connectivity index (χ4v) is 2.47. The standard InChI is InChI=1S/C15H14O3S/c1-3-13-6-10-15(11-7-13)19(16,17)18-14-8-4-12(2)5-9-14/h3-11H,1H2,2H3. The van der Waals surface area contributed by atoms with Crippen LogP contribution in [0.1, 0.15) is 11.1 Å². The average molecular weight is 274 g/mol. The molecule has 98 valence electrons. The second-order valence-corrected chi connectivity index (χ2v) is 5.67. The van der Waals surface area contributed by atoms with Crippen LogP contribution in [0.3, 0.4) is 0 Å². The van der Waals surface area contributed by atoms with Crippen molar-refractivity contribution in [3.05, 3.63) is 66.2 Å². The SMILES string of the molecule is C=Cc1ccc(S(=O)(=O)Oc2ccc(C)cc2)cc1. The van der Waals surface area contributed by atoms with Crippen LogP contribution in [0.25, 0.3) is 6.08 Å². The molecule has 0 bridgehead atoms. The third-order valence-corrected chi connectivity index (χ3v) is 3.89. The van der Waals surface area contributed by atoms with Crippen molar-refractivity contribution in [2.24, 2.45) is 0 Å². The Bertz CT molecular complexity index is 668. The van der Waals surface area contributed by atoms with Gasteiger partial charge in [0.25, 0.3) is 0 Å². The van der Waals surface area contributed by atoms with Gasteiger partial charge in [0.05, 0.1) is 0 Å². The van der Waals surface area contributed by atoms with E-state index < -0.39 is 10.1 Å². The molecule has 0 aromatic heterocycles. The molecule has 2 rings (SSSR count). The van der Waals surface area contributed by atoms with Gasteiger partial charge in [-0.25, -0.2) is 0 Å². The summed E-state index contributed by atoms with van der Waals surface area (Å²) < 4.78 is 29.1. The van der Waals surface area contributed by atoms with Crippen LogP contribution in [0, 0.1) is 6.92 Å². The van der Waals surface area contributed by atoms with Crippen LogP contribution in [0.15, 0.2) is 60.0 Å². The van der Waals surface area contributed by atoms with E-state index in [0.717, 1.165) is 11.1 Å². The molecule has 0 amide bonds. The molecular formula is C15H14O3S. The Labute approximate surface area is 113 Å². The first-order valence-electron chi connectivity index (χ1n) is 5.75. The summed E-state index contributed by atoms with van der Waals surface area (Å²) in [6, 6.07) is 13.2. The Morgan fingerprint density at radius 2 is 1.58 bits per heavy atom. The number of benzene rings is 2. The minimum absolute atomic E-state index is 0.124. The summed E-state index contributed by atoms with van der Waals surface area (Å²) >= 11 is 0. The van der Waals surface area contributed by atoms with E-state index in [2.05, 4.69) is 6.58 Å². The first-order valence-corrected chi connectivity index (χ1v) is 7.16. The third kappa shape index (κ3) is 3.23. The molecule has 3 nitrogen and oxygen atoms in total. The second kappa shape index (κ2) is 5.28. The number of hydrogen-bond donors (Lipinski definition) is 0. The van der Waals surface area contributed by atoms with Crippen molar-refractivity contribution >= 4 is 16.2 Å². The molecule has 2 aromatic carbocycles. The van der Waals surface area contributed by atoms with Crippen molar-refractivity contribution in [3.8, 4) is 5.75 Å². The maximum Gasteiger partial charge on any atom is 0.339 e. The predicted molar refractivity (Wildman–Crippen MR) is 75.5 cm³/mol. The van der Waals surface area contributed by atoms with Gasteiger partial charge in [-0.05, 0) is 36.8 Å². The van der Waals surface area contributed by atoms with E-state index in [9.17, 15) is 8.42 Å². The predicted octanol–water partition coefficient (Wildman–Crippen LogP) is 3.41. The maximum atomic E-state index is 12.0. The molecule has 0 saturated carbocycles. The first-order chi connectivity index (χ1) is 9.01. The van der Waals surface area contributed by atoms with Gasteiger partial charge in [0.15, 0.2) is 0 Å². The molecule has 0 aliphatic rings. The van der Waals surface area contributed by atoms with Gasteiger partial charge in [-0.3, -0.25) is 0 Å². The van der Waals surface area contributed by atoms with E-state index in [1.54, 1.807) is 42.5 Å². The molecule has 0 unspecified atom stereocenters. The lowest BCUT2D eigenvalue weighted by molar-refractivity contribution is 0.486. The largest absolute Gasteiger partial charge is 0.379 e. The van der Waals surface area contributed by atoms with Gasteiger partial charge in [0, 0.05) is 0 Å². The van der Waals surface area contributed by atoms with Crippen LogP contribution >= 0.6 is 0 Å². The molecule has 0 atom stereocenters. The van der Waals surface area contributed by atoms with Crippen molar-refractivity contribution < 1.29 is 12.6 Å². The molecule has 2 aromatic rings. The van der Waals surface area contributed by atoms with Gasteiger partial charge in [-0.1, -0.05) is 42.5 Å². The second-order valence-electron chi connectivity index (χ2n) is 4.12. The molecule has 4 heteroatoms. The zero-order valence-electron chi connectivity index (χ0n) is 10.5. The Hall–Kier alpha value is -2.07. The smallest absolute Gasteiger partial charge is 0.339 e. The molecule has 0 heterocycles. The Kier molecular flexibility index (Phi) is 3.71. The lowest BCUT2D eigenvalue weighted by atomic mass is 10.2. The Morgan fingerprint density at radius 3 is 2.11 bits per heavy atom. The first kappa shape index (κ1) is 13.4. The maximum absolute atomic E-state index is 12.0. The van der Waals surface area contributed by atoms with Crippen molar-refractivity contribution in [1.82, 2.24) is 0 Å². The van der Waals surface area contributed by atoms with Gasteiger partial charge in [0.1, 0.15) is 10.6 Å². The minimum Gasteiger partial charge on any atom is -0.379 e. The minimum atomic E-state index is -3.79. The van der Waals surface area contributed by atoms with E-state index in [4.69, 9.17) is 4.18 Å². The summed E-state index contributed by atoms with van der Waals surface area (Å²) in [4.78, 5) is 0.124. The molecule has 0 spiro atoms. The molecule has 0 radical (unpaired) electrons. The molecule has 0 fully saturated rings. The average Bonchev–Trinajstić information content (AvgIpc) is 2.41. The fraction of sp³-hybridized carbons (Fsp3) is 0.0667. The molecule has 0 N–H and O–H groups in total. The highest BCUT2D eigenvalue weighted by Crippen LogP contribution is 2.19. The fourth-order valence-electron chi connectivity index (χ4n) is 1.54. The van der Waals surface area contributed by atoms with E-state index in [1.165, 1.54) is 12.1 Å². The van der Waals surface area contributed by atoms with Gasteiger partial charge in [-0.15, -0.1) is 0 Å². The number of rotatable bonds is 4. The quantitative estimate of drug-likeness (QED) is 0.802. The molecule has 0 aliphatic carbocycles. The van der Waals surface area contributed by atoms with E-state index in [-0.39, 0.29) is 4.90 Å². The highest BCUT2D eigenvalue weighted by molar-refractivity contribution is 7.87. The Balaban J connectivity index is 2.26.